The van der Waals surface area contributed by atoms with Crippen LogP contribution in [0.5, 0.6) is 0 Å². The molecule has 0 saturated carbocycles. The number of halogens is 1. The normalized spacial score (nSPS) is 11.9. The van der Waals surface area contributed by atoms with Gasteiger partial charge in [-0.2, -0.15) is 5.26 Å². The summed E-state index contributed by atoms with van der Waals surface area (Å²) in [5.74, 6) is 0. The van der Waals surface area contributed by atoms with Crippen molar-refractivity contribution in [3.63, 3.8) is 0 Å². The third-order valence-corrected chi connectivity index (χ3v) is 2.87. The van der Waals surface area contributed by atoms with Gasteiger partial charge in [0.15, 0.2) is 0 Å². The third-order valence-electron chi connectivity index (χ3n) is 2.46. The number of anilines is 1. The first kappa shape index (κ1) is 11.9. The Morgan fingerprint density at radius 2 is 2.27 bits per heavy atom. The molecule has 1 atom stereocenters. The maximum Gasteiger partial charge on any atom is 0.0643 e. The van der Waals surface area contributed by atoms with Gasteiger partial charge >= 0.3 is 0 Å². The van der Waals surface area contributed by atoms with Gasteiger partial charge in [-0.05, 0) is 31.0 Å². The molecule has 0 spiro atoms. The summed E-state index contributed by atoms with van der Waals surface area (Å²) in [5.41, 5.74) is 2.06. The van der Waals surface area contributed by atoms with Gasteiger partial charge in [0.25, 0.3) is 0 Å². The predicted molar refractivity (Wildman–Crippen MR) is 64.1 cm³/mol. The first-order chi connectivity index (χ1) is 7.19. The second-order valence-corrected chi connectivity index (χ2v) is 3.93. The van der Waals surface area contributed by atoms with Crippen LogP contribution in [0.4, 0.5) is 5.69 Å². The number of hydrogen-bond acceptors (Lipinski definition) is 2. The monoisotopic (exact) mass is 222 g/mol. The Kier molecular flexibility index (Phi) is 4.45. The van der Waals surface area contributed by atoms with Gasteiger partial charge in [-0.15, -0.1) is 0 Å². The molecule has 80 valence electrons. The van der Waals surface area contributed by atoms with Gasteiger partial charge in [-0.25, -0.2) is 0 Å². The fourth-order valence-corrected chi connectivity index (χ4v) is 1.57. The highest BCUT2D eigenvalue weighted by Gasteiger charge is 2.08. The minimum atomic E-state index is 0.201. The lowest BCUT2D eigenvalue weighted by Crippen LogP contribution is -2.18. The van der Waals surface area contributed by atoms with Gasteiger partial charge in [-0.1, -0.05) is 24.6 Å². The first-order valence-electron chi connectivity index (χ1n) is 5.07. The molecular weight excluding hydrogens is 208 g/mol. The molecule has 0 saturated heterocycles. The maximum atomic E-state index is 8.65. The van der Waals surface area contributed by atoms with E-state index in [9.17, 15) is 0 Å². The number of rotatable bonds is 4. The summed E-state index contributed by atoms with van der Waals surface area (Å²) in [4.78, 5) is 0. The number of benzene rings is 1. The van der Waals surface area contributed by atoms with Gasteiger partial charge in [0.1, 0.15) is 0 Å². The van der Waals surface area contributed by atoms with Crippen LogP contribution >= 0.6 is 11.6 Å². The summed E-state index contributed by atoms with van der Waals surface area (Å²) >= 11 is 6.01. The van der Waals surface area contributed by atoms with E-state index in [0.717, 1.165) is 22.7 Å². The zero-order valence-electron chi connectivity index (χ0n) is 9.05. The molecule has 2 nitrogen and oxygen atoms in total. The zero-order valence-corrected chi connectivity index (χ0v) is 9.80. The standard InChI is InChI=1S/C12H15ClN2/c1-3-10(7-8-14)15-12-6-4-5-11(13)9(12)2/h4-6,10,15H,3,7H2,1-2H3. The van der Waals surface area contributed by atoms with Gasteiger partial charge in [0, 0.05) is 16.8 Å². The lowest BCUT2D eigenvalue weighted by molar-refractivity contribution is 0.710. The molecule has 0 radical (unpaired) electrons. The molecule has 3 heteroatoms. The van der Waals surface area contributed by atoms with Crippen LogP contribution < -0.4 is 5.32 Å². The van der Waals surface area contributed by atoms with Gasteiger partial charge < -0.3 is 5.32 Å². The third kappa shape index (κ3) is 3.14. The SMILES string of the molecule is CCC(CC#N)Nc1cccc(Cl)c1C. The van der Waals surface area contributed by atoms with Crippen LogP contribution in [0.1, 0.15) is 25.3 Å². The molecule has 1 unspecified atom stereocenters. The highest BCUT2D eigenvalue weighted by Crippen LogP contribution is 2.24. The lowest BCUT2D eigenvalue weighted by atomic mass is 10.1. The molecule has 0 aliphatic rings. The summed E-state index contributed by atoms with van der Waals surface area (Å²) in [7, 11) is 0. The maximum absolute atomic E-state index is 8.65. The van der Waals surface area contributed by atoms with Crippen LogP contribution in [-0.2, 0) is 0 Å². The number of nitrogens with one attached hydrogen (secondary N) is 1. The van der Waals surface area contributed by atoms with Gasteiger partial charge in [-0.3, -0.25) is 0 Å². The van der Waals surface area contributed by atoms with Crippen molar-refractivity contribution in [3.8, 4) is 6.07 Å². The topological polar surface area (TPSA) is 35.8 Å². The zero-order chi connectivity index (χ0) is 11.3. The Balaban J connectivity index is 2.80. The summed E-state index contributed by atoms with van der Waals surface area (Å²) in [5, 5.41) is 12.7. The minimum Gasteiger partial charge on any atom is -0.381 e. The van der Waals surface area contributed by atoms with Crippen molar-refractivity contribution in [3.05, 3.63) is 28.8 Å². The Hall–Kier alpha value is -1.20. The van der Waals surface area contributed by atoms with E-state index in [1.165, 1.54) is 0 Å². The molecule has 1 N–H and O–H groups in total. The second-order valence-electron chi connectivity index (χ2n) is 3.52. The molecule has 0 aliphatic heterocycles. The van der Waals surface area contributed by atoms with Crippen molar-refractivity contribution in [2.45, 2.75) is 32.7 Å². The largest absolute Gasteiger partial charge is 0.381 e. The molecule has 0 amide bonds. The number of nitriles is 1. The van der Waals surface area contributed by atoms with Crippen LogP contribution in [0.2, 0.25) is 5.02 Å². The van der Waals surface area contributed by atoms with Crippen LogP contribution in [0.3, 0.4) is 0 Å². The van der Waals surface area contributed by atoms with Crippen molar-refractivity contribution in [1.82, 2.24) is 0 Å². The molecule has 1 rings (SSSR count). The fourth-order valence-electron chi connectivity index (χ4n) is 1.39. The van der Waals surface area contributed by atoms with Gasteiger partial charge in [0.2, 0.25) is 0 Å². The Morgan fingerprint density at radius 3 is 2.87 bits per heavy atom. The van der Waals surface area contributed by atoms with Crippen LogP contribution in [0.15, 0.2) is 18.2 Å². The summed E-state index contributed by atoms with van der Waals surface area (Å²) in [6, 6.07) is 8.15. The van der Waals surface area contributed by atoms with E-state index in [2.05, 4.69) is 18.3 Å². The van der Waals surface area contributed by atoms with Crippen LogP contribution in [0, 0.1) is 18.3 Å². The molecule has 1 aromatic rings. The highest BCUT2D eigenvalue weighted by molar-refractivity contribution is 6.31. The first-order valence-corrected chi connectivity index (χ1v) is 5.45. The second kappa shape index (κ2) is 5.63. The van der Waals surface area contributed by atoms with E-state index in [0.29, 0.717) is 6.42 Å². The number of nitrogens with zero attached hydrogens (tertiary/aromatic N) is 1. The van der Waals surface area contributed by atoms with Gasteiger partial charge in [0.05, 0.1) is 12.5 Å². The van der Waals surface area contributed by atoms with Crippen LogP contribution in [-0.4, -0.2) is 6.04 Å². The summed E-state index contributed by atoms with van der Waals surface area (Å²) in [6.07, 6.45) is 1.45. The predicted octanol–water partition coefficient (Wildman–Crippen LogP) is 3.75. The minimum absolute atomic E-state index is 0.201. The molecule has 0 fully saturated rings. The number of hydrogen-bond donors (Lipinski definition) is 1. The molecule has 0 aliphatic carbocycles. The smallest absolute Gasteiger partial charge is 0.0643 e. The molecule has 0 aromatic heterocycles. The quantitative estimate of drug-likeness (QED) is 0.842. The van der Waals surface area contributed by atoms with Crippen molar-refractivity contribution in [1.29, 1.82) is 5.26 Å². The molecule has 0 heterocycles. The van der Waals surface area contributed by atoms with Crippen molar-refractivity contribution >= 4 is 17.3 Å². The highest BCUT2D eigenvalue weighted by atomic mass is 35.5. The van der Waals surface area contributed by atoms with E-state index >= 15 is 0 Å². The fraction of sp³-hybridized carbons (Fsp3) is 0.417. The molecule has 1 aromatic carbocycles. The van der Waals surface area contributed by atoms with E-state index in [4.69, 9.17) is 16.9 Å². The van der Waals surface area contributed by atoms with Crippen molar-refractivity contribution in [2.24, 2.45) is 0 Å². The van der Waals surface area contributed by atoms with E-state index in [1.807, 2.05) is 25.1 Å². The molecular formula is C12H15ClN2. The Labute approximate surface area is 95.9 Å². The van der Waals surface area contributed by atoms with Crippen molar-refractivity contribution < 1.29 is 0 Å². The van der Waals surface area contributed by atoms with Crippen molar-refractivity contribution in [2.75, 3.05) is 5.32 Å². The Bertz CT molecular complexity index is 368. The summed E-state index contributed by atoms with van der Waals surface area (Å²) in [6.45, 7) is 4.04. The summed E-state index contributed by atoms with van der Waals surface area (Å²) < 4.78 is 0. The van der Waals surface area contributed by atoms with E-state index < -0.39 is 0 Å². The van der Waals surface area contributed by atoms with E-state index in [-0.39, 0.29) is 6.04 Å². The molecule has 15 heavy (non-hydrogen) atoms. The average Bonchev–Trinajstić information content (AvgIpc) is 2.24. The van der Waals surface area contributed by atoms with E-state index in [1.54, 1.807) is 0 Å². The Morgan fingerprint density at radius 1 is 1.53 bits per heavy atom. The molecule has 0 bridgehead atoms. The average molecular weight is 223 g/mol. The lowest BCUT2D eigenvalue weighted by Gasteiger charge is -2.17. The van der Waals surface area contributed by atoms with Crippen LogP contribution in [0.25, 0.3) is 0 Å².